The van der Waals surface area contributed by atoms with Crippen LogP contribution in [0.25, 0.3) is 10.9 Å². The SMILES string of the molecule is N#Cc1cc(C#N)c2c(O)cc(=O)c(=O)[nH]c2c1. The van der Waals surface area contributed by atoms with Gasteiger partial charge in [-0.2, -0.15) is 10.5 Å². The maximum atomic E-state index is 11.3. The molecule has 1 aromatic heterocycles. The Hall–Kier alpha value is -3.12. The van der Waals surface area contributed by atoms with Crippen molar-refractivity contribution in [2.75, 3.05) is 0 Å². The highest BCUT2D eigenvalue weighted by Gasteiger charge is 2.09. The third-order valence-corrected chi connectivity index (χ3v) is 2.38. The van der Waals surface area contributed by atoms with E-state index in [4.69, 9.17) is 10.5 Å². The van der Waals surface area contributed by atoms with Crippen molar-refractivity contribution in [3.05, 3.63) is 49.9 Å². The molecule has 2 rings (SSSR count). The van der Waals surface area contributed by atoms with Crippen LogP contribution in [0.4, 0.5) is 0 Å². The molecule has 18 heavy (non-hydrogen) atoms. The molecule has 0 fully saturated rings. The van der Waals surface area contributed by atoms with Crippen LogP contribution in [-0.2, 0) is 0 Å². The van der Waals surface area contributed by atoms with Gasteiger partial charge in [0, 0.05) is 6.07 Å². The van der Waals surface area contributed by atoms with Crippen molar-refractivity contribution in [2.24, 2.45) is 0 Å². The van der Waals surface area contributed by atoms with Crippen LogP contribution in [0.3, 0.4) is 0 Å². The third-order valence-electron chi connectivity index (χ3n) is 2.38. The molecule has 86 valence electrons. The van der Waals surface area contributed by atoms with Gasteiger partial charge in [-0.15, -0.1) is 0 Å². The van der Waals surface area contributed by atoms with Crippen molar-refractivity contribution in [2.45, 2.75) is 0 Å². The molecule has 1 heterocycles. The largest absolute Gasteiger partial charge is 0.507 e. The molecular formula is C12H5N3O3. The fourth-order valence-corrected chi connectivity index (χ4v) is 1.62. The first kappa shape index (κ1) is 11.4. The van der Waals surface area contributed by atoms with E-state index in [-0.39, 0.29) is 22.0 Å². The maximum absolute atomic E-state index is 11.3. The number of nitriles is 2. The van der Waals surface area contributed by atoms with Crippen molar-refractivity contribution in [1.29, 1.82) is 10.5 Å². The second kappa shape index (κ2) is 4.04. The topological polar surface area (TPSA) is 118 Å². The van der Waals surface area contributed by atoms with E-state index in [0.29, 0.717) is 0 Å². The summed E-state index contributed by atoms with van der Waals surface area (Å²) in [6.07, 6.45) is 0. The summed E-state index contributed by atoms with van der Waals surface area (Å²) in [5, 5.41) is 27.5. The zero-order chi connectivity index (χ0) is 13.3. The van der Waals surface area contributed by atoms with Crippen LogP contribution in [-0.4, -0.2) is 10.1 Å². The highest BCUT2D eigenvalue weighted by atomic mass is 16.3. The lowest BCUT2D eigenvalue weighted by molar-refractivity contribution is 0.481. The number of aromatic amines is 1. The normalized spacial score (nSPS) is 9.67. The van der Waals surface area contributed by atoms with Gasteiger partial charge in [0.05, 0.1) is 28.1 Å². The Morgan fingerprint density at radius 1 is 1.11 bits per heavy atom. The van der Waals surface area contributed by atoms with E-state index in [1.807, 2.05) is 6.07 Å². The minimum atomic E-state index is -0.931. The molecule has 0 bridgehead atoms. The number of nitrogens with one attached hydrogen (secondary N) is 1. The van der Waals surface area contributed by atoms with Crippen molar-refractivity contribution in [3.8, 4) is 17.9 Å². The molecule has 0 aliphatic heterocycles. The van der Waals surface area contributed by atoms with E-state index >= 15 is 0 Å². The predicted octanol–water partition coefficient (Wildman–Crippen LogP) is 0.337. The third kappa shape index (κ3) is 1.68. The first-order valence-electron chi connectivity index (χ1n) is 4.81. The smallest absolute Gasteiger partial charge is 0.296 e. The molecule has 0 atom stereocenters. The molecular weight excluding hydrogens is 234 g/mol. The lowest BCUT2D eigenvalue weighted by Gasteiger charge is -1.99. The van der Waals surface area contributed by atoms with E-state index < -0.39 is 16.7 Å². The van der Waals surface area contributed by atoms with Gasteiger partial charge in [0.15, 0.2) is 0 Å². The molecule has 0 aliphatic carbocycles. The van der Waals surface area contributed by atoms with Crippen LogP contribution in [0, 0.1) is 22.7 Å². The van der Waals surface area contributed by atoms with Crippen LogP contribution in [0.1, 0.15) is 11.1 Å². The Labute approximate surface area is 100.0 Å². The molecule has 0 spiro atoms. The van der Waals surface area contributed by atoms with E-state index in [9.17, 15) is 14.7 Å². The van der Waals surface area contributed by atoms with Crippen LogP contribution < -0.4 is 11.0 Å². The number of rotatable bonds is 0. The summed E-state index contributed by atoms with van der Waals surface area (Å²) in [7, 11) is 0. The molecule has 1 aromatic carbocycles. The minimum absolute atomic E-state index is 0.00722. The van der Waals surface area contributed by atoms with Gasteiger partial charge in [0.2, 0.25) is 5.43 Å². The molecule has 0 radical (unpaired) electrons. The monoisotopic (exact) mass is 239 g/mol. The molecule has 0 saturated heterocycles. The van der Waals surface area contributed by atoms with Gasteiger partial charge in [-0.05, 0) is 12.1 Å². The molecule has 6 nitrogen and oxygen atoms in total. The van der Waals surface area contributed by atoms with Crippen molar-refractivity contribution in [1.82, 2.24) is 4.98 Å². The highest BCUT2D eigenvalue weighted by molar-refractivity contribution is 5.90. The van der Waals surface area contributed by atoms with Gasteiger partial charge in [0.1, 0.15) is 11.8 Å². The molecule has 0 saturated carbocycles. The Morgan fingerprint density at radius 2 is 1.83 bits per heavy atom. The van der Waals surface area contributed by atoms with Gasteiger partial charge in [-0.1, -0.05) is 0 Å². The lowest BCUT2D eigenvalue weighted by Crippen LogP contribution is -2.22. The zero-order valence-corrected chi connectivity index (χ0v) is 8.89. The van der Waals surface area contributed by atoms with Crippen molar-refractivity contribution in [3.63, 3.8) is 0 Å². The zero-order valence-electron chi connectivity index (χ0n) is 8.89. The first-order valence-corrected chi connectivity index (χ1v) is 4.81. The van der Waals surface area contributed by atoms with Crippen LogP contribution in [0.15, 0.2) is 27.8 Å². The molecule has 6 heteroatoms. The number of aromatic hydroxyl groups is 1. The van der Waals surface area contributed by atoms with E-state index in [1.54, 1.807) is 6.07 Å². The Kier molecular flexibility index (Phi) is 2.55. The summed E-state index contributed by atoms with van der Waals surface area (Å²) in [4.78, 5) is 24.8. The summed E-state index contributed by atoms with van der Waals surface area (Å²) in [5.74, 6) is -0.477. The lowest BCUT2D eigenvalue weighted by atomic mass is 10.1. The average molecular weight is 239 g/mol. The molecule has 0 aliphatic rings. The number of benzene rings is 1. The second-order valence-electron chi connectivity index (χ2n) is 3.52. The van der Waals surface area contributed by atoms with Gasteiger partial charge >= 0.3 is 0 Å². The standard InChI is InChI=1S/C12H5N3O3/c13-4-6-1-7(5-14)11-8(2-6)15-12(18)10(17)3-9(11)16/h1-3,16H,(H,15,17,18). The van der Waals surface area contributed by atoms with Gasteiger partial charge < -0.3 is 10.1 Å². The molecule has 2 N–H and O–H groups in total. The second-order valence-corrected chi connectivity index (χ2v) is 3.52. The van der Waals surface area contributed by atoms with Crippen molar-refractivity contribution >= 4 is 10.9 Å². The Morgan fingerprint density at radius 3 is 2.44 bits per heavy atom. The number of aromatic nitrogens is 1. The molecule has 2 aromatic rings. The van der Waals surface area contributed by atoms with E-state index in [1.165, 1.54) is 12.1 Å². The summed E-state index contributed by atoms with van der Waals surface area (Å²) in [6.45, 7) is 0. The van der Waals surface area contributed by atoms with Gasteiger partial charge in [0.25, 0.3) is 5.56 Å². The van der Waals surface area contributed by atoms with Gasteiger partial charge in [-0.25, -0.2) is 0 Å². The summed E-state index contributed by atoms with van der Waals surface area (Å²) in [6, 6.07) is 6.93. The van der Waals surface area contributed by atoms with E-state index in [2.05, 4.69) is 4.98 Å². The molecule has 0 unspecified atom stereocenters. The number of hydrogen-bond donors (Lipinski definition) is 2. The van der Waals surface area contributed by atoms with Crippen LogP contribution in [0.5, 0.6) is 5.75 Å². The predicted molar refractivity (Wildman–Crippen MR) is 61.9 cm³/mol. The number of hydrogen-bond acceptors (Lipinski definition) is 5. The van der Waals surface area contributed by atoms with Crippen LogP contribution in [0.2, 0.25) is 0 Å². The highest BCUT2D eigenvalue weighted by Crippen LogP contribution is 2.24. The summed E-state index contributed by atoms with van der Waals surface area (Å²) in [5.41, 5.74) is -1.64. The van der Waals surface area contributed by atoms with Crippen LogP contribution >= 0.6 is 0 Å². The summed E-state index contributed by atoms with van der Waals surface area (Å²) < 4.78 is 0. The first-order chi connectivity index (χ1) is 8.56. The number of H-pyrrole nitrogens is 1. The number of nitrogens with zero attached hydrogens (tertiary/aromatic N) is 2. The van der Waals surface area contributed by atoms with E-state index in [0.717, 1.165) is 6.07 Å². The summed E-state index contributed by atoms with van der Waals surface area (Å²) >= 11 is 0. The maximum Gasteiger partial charge on any atom is 0.296 e. The molecule has 0 amide bonds. The number of fused-ring (bicyclic) bond motifs is 1. The fourth-order valence-electron chi connectivity index (χ4n) is 1.62. The fraction of sp³-hybridized carbons (Fsp3) is 0. The van der Waals surface area contributed by atoms with Crippen molar-refractivity contribution < 1.29 is 5.11 Å². The average Bonchev–Trinajstić information content (AvgIpc) is 2.46. The Bertz CT molecular complexity index is 854. The van der Waals surface area contributed by atoms with Gasteiger partial charge in [-0.3, -0.25) is 9.59 Å². The Balaban J connectivity index is 3.18. The minimum Gasteiger partial charge on any atom is -0.507 e. The quantitative estimate of drug-likeness (QED) is 0.642.